The first-order valence-corrected chi connectivity index (χ1v) is 7.36. The predicted molar refractivity (Wildman–Crippen MR) is 71.8 cm³/mol. The lowest BCUT2D eigenvalue weighted by atomic mass is 9.88. The topological polar surface area (TPSA) is 55.4 Å². The van der Waals surface area contributed by atoms with Crippen LogP contribution < -0.4 is 5.32 Å². The number of hydrogen-bond donors (Lipinski definition) is 1. The smallest absolute Gasteiger partial charge is 0.320 e. The molecule has 0 heterocycles. The first-order valence-electron chi connectivity index (χ1n) is 6.11. The van der Waals surface area contributed by atoms with Gasteiger partial charge in [-0.05, 0) is 31.1 Å². The summed E-state index contributed by atoms with van der Waals surface area (Å²) < 4.78 is 4.33. The van der Waals surface area contributed by atoms with Crippen molar-refractivity contribution in [3.8, 4) is 0 Å². The van der Waals surface area contributed by atoms with Gasteiger partial charge >= 0.3 is 5.97 Å². The van der Waals surface area contributed by atoms with E-state index in [2.05, 4.69) is 10.1 Å². The van der Waals surface area contributed by atoms with Crippen LogP contribution in [0.25, 0.3) is 0 Å². The number of ether oxygens (including phenoxy) is 1. The summed E-state index contributed by atoms with van der Waals surface area (Å²) in [6.45, 7) is 0.375. The van der Waals surface area contributed by atoms with Crippen molar-refractivity contribution < 1.29 is 14.3 Å². The molecule has 17 heavy (non-hydrogen) atoms. The first kappa shape index (κ1) is 13.1. The van der Waals surface area contributed by atoms with Gasteiger partial charge in [0.25, 0.3) is 0 Å². The van der Waals surface area contributed by atoms with E-state index in [0.29, 0.717) is 12.5 Å². The van der Waals surface area contributed by atoms with Crippen LogP contribution in [0.15, 0.2) is 0 Å². The minimum Gasteiger partial charge on any atom is -0.468 e. The maximum absolute atomic E-state index is 12.0. The molecule has 4 atom stereocenters. The van der Waals surface area contributed by atoms with Crippen LogP contribution in [-0.4, -0.2) is 29.5 Å². The predicted octanol–water partition coefficient (Wildman–Crippen LogP) is 1.52. The molecular formula is C12H18INO3. The zero-order chi connectivity index (χ0) is 12.4. The van der Waals surface area contributed by atoms with Crippen LogP contribution in [0, 0.1) is 17.8 Å². The van der Waals surface area contributed by atoms with Gasteiger partial charge in [0.2, 0.25) is 5.91 Å². The Bertz CT molecular complexity index is 321. The maximum atomic E-state index is 12.0. The SMILES string of the molecule is COC(=O)C(I)CNC(=O)C1CC2CCC1C2. The molecule has 2 aliphatic rings. The Morgan fingerprint density at radius 2 is 2.18 bits per heavy atom. The van der Waals surface area contributed by atoms with Crippen molar-refractivity contribution in [2.45, 2.75) is 29.6 Å². The summed E-state index contributed by atoms with van der Waals surface area (Å²) in [6.07, 6.45) is 4.77. The van der Waals surface area contributed by atoms with Crippen molar-refractivity contribution in [2.24, 2.45) is 17.8 Å². The van der Waals surface area contributed by atoms with E-state index < -0.39 is 0 Å². The Morgan fingerprint density at radius 1 is 1.41 bits per heavy atom. The molecule has 0 aromatic carbocycles. The van der Waals surface area contributed by atoms with Gasteiger partial charge in [0.05, 0.1) is 7.11 Å². The molecule has 0 aromatic rings. The van der Waals surface area contributed by atoms with Crippen LogP contribution in [0.1, 0.15) is 25.7 Å². The fourth-order valence-electron chi connectivity index (χ4n) is 3.10. The molecule has 0 radical (unpaired) electrons. The largest absolute Gasteiger partial charge is 0.468 e. The number of fused-ring (bicyclic) bond motifs is 2. The average molecular weight is 351 g/mol. The number of nitrogens with one attached hydrogen (secondary N) is 1. The van der Waals surface area contributed by atoms with E-state index in [1.54, 1.807) is 0 Å². The summed E-state index contributed by atoms with van der Waals surface area (Å²) in [5, 5.41) is 2.88. The second-order valence-corrected chi connectivity index (χ2v) is 6.52. The number of alkyl halides is 1. The molecule has 0 saturated heterocycles. The fourth-order valence-corrected chi connectivity index (χ4v) is 3.57. The Morgan fingerprint density at radius 3 is 2.71 bits per heavy atom. The lowest BCUT2D eigenvalue weighted by Crippen LogP contribution is -2.39. The standard InChI is InChI=1S/C12H18INO3/c1-17-12(16)10(13)6-14-11(15)9-5-7-2-3-8(9)4-7/h7-10H,2-6H2,1H3,(H,14,15). The minimum atomic E-state index is -0.292. The molecular weight excluding hydrogens is 333 g/mol. The van der Waals surface area contributed by atoms with E-state index in [4.69, 9.17) is 0 Å². The molecule has 5 heteroatoms. The van der Waals surface area contributed by atoms with Crippen molar-refractivity contribution in [3.05, 3.63) is 0 Å². The van der Waals surface area contributed by atoms with Gasteiger partial charge in [0.15, 0.2) is 0 Å². The van der Waals surface area contributed by atoms with Crippen molar-refractivity contribution in [2.75, 3.05) is 13.7 Å². The molecule has 1 N–H and O–H groups in total. The van der Waals surface area contributed by atoms with Crippen molar-refractivity contribution in [3.63, 3.8) is 0 Å². The molecule has 96 valence electrons. The molecule has 0 spiro atoms. The monoisotopic (exact) mass is 351 g/mol. The Hall–Kier alpha value is -0.330. The van der Waals surface area contributed by atoms with Crippen LogP contribution in [-0.2, 0) is 14.3 Å². The number of amides is 1. The number of esters is 1. The average Bonchev–Trinajstić information content (AvgIpc) is 2.96. The van der Waals surface area contributed by atoms with E-state index in [1.807, 2.05) is 22.6 Å². The minimum absolute atomic E-state index is 0.128. The zero-order valence-corrected chi connectivity index (χ0v) is 12.1. The van der Waals surface area contributed by atoms with Gasteiger partial charge in [-0.3, -0.25) is 9.59 Å². The number of rotatable bonds is 4. The van der Waals surface area contributed by atoms with Gasteiger partial charge in [0, 0.05) is 12.5 Å². The van der Waals surface area contributed by atoms with Crippen LogP contribution in [0.4, 0.5) is 0 Å². The van der Waals surface area contributed by atoms with Crippen molar-refractivity contribution >= 4 is 34.5 Å². The molecule has 2 fully saturated rings. The van der Waals surface area contributed by atoms with Crippen LogP contribution in [0.5, 0.6) is 0 Å². The summed E-state index contributed by atoms with van der Waals surface area (Å²) in [5.74, 6) is 1.40. The third-order valence-corrected chi connectivity index (χ3v) is 4.94. The highest BCUT2D eigenvalue weighted by molar-refractivity contribution is 14.1. The van der Waals surface area contributed by atoms with Crippen LogP contribution >= 0.6 is 22.6 Å². The molecule has 4 nitrogen and oxygen atoms in total. The van der Waals surface area contributed by atoms with Crippen molar-refractivity contribution in [1.82, 2.24) is 5.32 Å². The van der Waals surface area contributed by atoms with E-state index in [-0.39, 0.29) is 21.7 Å². The fraction of sp³-hybridized carbons (Fsp3) is 0.833. The second-order valence-electron chi connectivity index (χ2n) is 5.02. The maximum Gasteiger partial charge on any atom is 0.320 e. The molecule has 1 amide bonds. The summed E-state index contributed by atoms with van der Waals surface area (Å²) in [5.41, 5.74) is 0. The van der Waals surface area contributed by atoms with Crippen molar-refractivity contribution in [1.29, 1.82) is 0 Å². The summed E-state index contributed by atoms with van der Waals surface area (Å²) >= 11 is 2.00. The van der Waals surface area contributed by atoms with E-state index >= 15 is 0 Å². The quantitative estimate of drug-likeness (QED) is 0.475. The molecule has 2 bridgehead atoms. The molecule has 2 rings (SSSR count). The summed E-state index contributed by atoms with van der Waals surface area (Å²) in [6, 6.07) is 0. The normalized spacial score (nSPS) is 32.2. The van der Waals surface area contributed by atoms with Gasteiger partial charge in [-0.1, -0.05) is 29.0 Å². The Kier molecular flexibility index (Phi) is 4.27. The zero-order valence-electron chi connectivity index (χ0n) is 9.95. The van der Waals surface area contributed by atoms with E-state index in [0.717, 1.165) is 12.3 Å². The molecule has 2 aliphatic carbocycles. The summed E-state index contributed by atoms with van der Waals surface area (Å²) in [7, 11) is 1.37. The number of hydrogen-bond acceptors (Lipinski definition) is 3. The third kappa shape index (κ3) is 2.92. The van der Waals surface area contributed by atoms with E-state index in [1.165, 1.54) is 26.4 Å². The molecule has 0 aromatic heterocycles. The Labute approximate surface area is 115 Å². The van der Waals surface area contributed by atoms with Gasteiger partial charge in [0.1, 0.15) is 3.92 Å². The van der Waals surface area contributed by atoms with Crippen LogP contribution in [0.2, 0.25) is 0 Å². The molecule has 2 saturated carbocycles. The number of carbonyl (C=O) groups is 2. The first-order chi connectivity index (χ1) is 8.11. The highest BCUT2D eigenvalue weighted by Gasteiger charge is 2.43. The van der Waals surface area contributed by atoms with E-state index in [9.17, 15) is 9.59 Å². The second kappa shape index (κ2) is 5.54. The molecule has 4 unspecified atom stereocenters. The van der Waals surface area contributed by atoms with Crippen LogP contribution in [0.3, 0.4) is 0 Å². The number of carbonyl (C=O) groups excluding carboxylic acids is 2. The Balaban J connectivity index is 1.76. The summed E-state index contributed by atoms with van der Waals surface area (Å²) in [4.78, 5) is 23.2. The van der Waals surface area contributed by atoms with Gasteiger partial charge in [-0.2, -0.15) is 0 Å². The molecule has 0 aliphatic heterocycles. The number of methoxy groups -OCH3 is 1. The number of halogens is 1. The van der Waals surface area contributed by atoms with Gasteiger partial charge < -0.3 is 10.1 Å². The lowest BCUT2D eigenvalue weighted by molar-refractivity contribution is -0.139. The van der Waals surface area contributed by atoms with Gasteiger partial charge in [-0.15, -0.1) is 0 Å². The third-order valence-electron chi connectivity index (χ3n) is 3.99. The highest BCUT2D eigenvalue weighted by atomic mass is 127. The highest BCUT2D eigenvalue weighted by Crippen LogP contribution is 2.48. The van der Waals surface area contributed by atoms with Gasteiger partial charge in [-0.25, -0.2) is 0 Å². The lowest BCUT2D eigenvalue weighted by Gasteiger charge is -2.21.